The van der Waals surface area contributed by atoms with Crippen LogP contribution in [-0.2, 0) is 5.41 Å². The van der Waals surface area contributed by atoms with Gasteiger partial charge in [0.15, 0.2) is 5.78 Å². The molecule has 0 unspecified atom stereocenters. The standard InChI is InChI=1S/C19H17ClO/c1-12(21)18-14(8-6-10-17(18)20)16-11-13-7-4-5-9-15(13)19(16,2)3/h4-11H,1-3H3. The third kappa shape index (κ3) is 2.13. The summed E-state index contributed by atoms with van der Waals surface area (Å²) >= 11 is 6.26. The molecule has 0 bridgehead atoms. The van der Waals surface area contributed by atoms with Crippen LogP contribution in [0, 0.1) is 0 Å². The van der Waals surface area contributed by atoms with E-state index in [1.54, 1.807) is 13.0 Å². The molecular weight excluding hydrogens is 280 g/mol. The lowest BCUT2D eigenvalue weighted by atomic mass is 9.77. The molecule has 106 valence electrons. The van der Waals surface area contributed by atoms with Crippen molar-refractivity contribution in [2.24, 2.45) is 0 Å². The van der Waals surface area contributed by atoms with Crippen LogP contribution in [0.3, 0.4) is 0 Å². The number of ketones is 1. The molecule has 0 aliphatic heterocycles. The van der Waals surface area contributed by atoms with Gasteiger partial charge in [-0.25, -0.2) is 0 Å². The van der Waals surface area contributed by atoms with E-state index in [1.165, 1.54) is 11.1 Å². The van der Waals surface area contributed by atoms with Gasteiger partial charge in [0.05, 0.1) is 5.02 Å². The van der Waals surface area contributed by atoms with E-state index in [0.717, 1.165) is 11.1 Å². The van der Waals surface area contributed by atoms with Crippen LogP contribution in [0.15, 0.2) is 42.5 Å². The van der Waals surface area contributed by atoms with Crippen LogP contribution in [0.5, 0.6) is 0 Å². The molecule has 0 atom stereocenters. The number of allylic oxidation sites excluding steroid dienone is 1. The Morgan fingerprint density at radius 2 is 1.76 bits per heavy atom. The average Bonchev–Trinajstić information content (AvgIpc) is 2.70. The zero-order valence-electron chi connectivity index (χ0n) is 12.4. The van der Waals surface area contributed by atoms with Crippen molar-refractivity contribution < 1.29 is 4.79 Å². The lowest BCUT2D eigenvalue weighted by molar-refractivity contribution is 0.101. The SMILES string of the molecule is CC(=O)c1c(Cl)cccc1C1=Cc2ccccc2C1(C)C. The Morgan fingerprint density at radius 1 is 1.05 bits per heavy atom. The fourth-order valence-corrected chi connectivity index (χ4v) is 3.50. The molecule has 1 aliphatic carbocycles. The quantitative estimate of drug-likeness (QED) is 0.680. The molecule has 0 saturated carbocycles. The summed E-state index contributed by atoms with van der Waals surface area (Å²) in [6.07, 6.45) is 2.17. The van der Waals surface area contributed by atoms with Gasteiger partial charge in [-0.3, -0.25) is 4.79 Å². The second-order valence-electron chi connectivity index (χ2n) is 5.99. The van der Waals surface area contributed by atoms with E-state index in [4.69, 9.17) is 11.6 Å². The minimum absolute atomic E-state index is 0.00301. The molecule has 2 heteroatoms. The molecule has 0 N–H and O–H groups in total. The van der Waals surface area contributed by atoms with Crippen molar-refractivity contribution >= 4 is 29.0 Å². The van der Waals surface area contributed by atoms with Crippen molar-refractivity contribution in [2.45, 2.75) is 26.2 Å². The molecule has 0 heterocycles. The first-order valence-electron chi connectivity index (χ1n) is 7.04. The summed E-state index contributed by atoms with van der Waals surface area (Å²) in [6.45, 7) is 5.95. The maximum atomic E-state index is 12.0. The summed E-state index contributed by atoms with van der Waals surface area (Å²) in [5, 5.41) is 0.521. The predicted molar refractivity (Wildman–Crippen MR) is 88.8 cm³/mol. The van der Waals surface area contributed by atoms with E-state index in [-0.39, 0.29) is 11.2 Å². The summed E-state index contributed by atoms with van der Waals surface area (Å²) in [6, 6.07) is 14.0. The molecule has 1 aliphatic rings. The Hall–Kier alpha value is -1.86. The average molecular weight is 297 g/mol. The van der Waals surface area contributed by atoms with Gasteiger partial charge < -0.3 is 0 Å². The second-order valence-corrected chi connectivity index (χ2v) is 6.40. The van der Waals surface area contributed by atoms with E-state index < -0.39 is 0 Å². The van der Waals surface area contributed by atoms with Crippen LogP contribution in [0.2, 0.25) is 5.02 Å². The highest BCUT2D eigenvalue weighted by Crippen LogP contribution is 2.47. The molecule has 1 nitrogen and oxygen atoms in total. The predicted octanol–water partition coefficient (Wildman–Crippen LogP) is 5.37. The Morgan fingerprint density at radius 3 is 2.43 bits per heavy atom. The summed E-state index contributed by atoms with van der Waals surface area (Å²) in [4.78, 5) is 12.0. The zero-order chi connectivity index (χ0) is 15.2. The highest BCUT2D eigenvalue weighted by molar-refractivity contribution is 6.34. The maximum Gasteiger partial charge on any atom is 0.161 e. The minimum atomic E-state index is -0.133. The normalized spacial score (nSPS) is 15.5. The van der Waals surface area contributed by atoms with Crippen LogP contribution in [0.1, 0.15) is 47.8 Å². The van der Waals surface area contributed by atoms with Crippen molar-refractivity contribution in [1.82, 2.24) is 0 Å². The van der Waals surface area contributed by atoms with E-state index in [9.17, 15) is 4.79 Å². The number of halogens is 1. The fourth-order valence-electron chi connectivity index (χ4n) is 3.19. The molecule has 21 heavy (non-hydrogen) atoms. The Kier molecular flexibility index (Phi) is 3.26. The molecule has 2 aromatic rings. The van der Waals surface area contributed by atoms with E-state index in [2.05, 4.69) is 38.1 Å². The monoisotopic (exact) mass is 296 g/mol. The van der Waals surface area contributed by atoms with Gasteiger partial charge in [0.25, 0.3) is 0 Å². The van der Waals surface area contributed by atoms with Crippen LogP contribution in [-0.4, -0.2) is 5.78 Å². The third-order valence-corrected chi connectivity index (χ3v) is 4.58. The van der Waals surface area contributed by atoms with Gasteiger partial charge in [-0.05, 0) is 41.3 Å². The first-order valence-corrected chi connectivity index (χ1v) is 7.42. The number of rotatable bonds is 2. The number of carbonyl (C=O) groups is 1. The number of fused-ring (bicyclic) bond motifs is 1. The highest BCUT2D eigenvalue weighted by Gasteiger charge is 2.34. The topological polar surface area (TPSA) is 17.1 Å². The van der Waals surface area contributed by atoms with Crippen LogP contribution < -0.4 is 0 Å². The first kappa shape index (κ1) is 14.1. The van der Waals surface area contributed by atoms with Gasteiger partial charge in [0, 0.05) is 11.0 Å². The second kappa shape index (κ2) is 4.85. The molecule has 3 rings (SSSR count). The summed E-state index contributed by atoms with van der Waals surface area (Å²) in [7, 11) is 0. The lowest BCUT2D eigenvalue weighted by Crippen LogP contribution is -2.17. The van der Waals surface area contributed by atoms with Crippen molar-refractivity contribution in [1.29, 1.82) is 0 Å². The number of Topliss-reactive ketones (excluding diaryl/α,β-unsaturated/α-hetero) is 1. The first-order chi connectivity index (χ1) is 9.93. The van der Waals surface area contributed by atoms with Crippen LogP contribution >= 0.6 is 11.6 Å². The third-order valence-electron chi connectivity index (χ3n) is 4.26. The highest BCUT2D eigenvalue weighted by atomic mass is 35.5. The van der Waals surface area contributed by atoms with Crippen molar-refractivity contribution in [3.63, 3.8) is 0 Å². The maximum absolute atomic E-state index is 12.0. The van der Waals surface area contributed by atoms with Crippen molar-refractivity contribution in [3.05, 3.63) is 69.7 Å². The van der Waals surface area contributed by atoms with E-state index in [0.29, 0.717) is 10.6 Å². The number of hydrogen-bond acceptors (Lipinski definition) is 1. The van der Waals surface area contributed by atoms with E-state index in [1.807, 2.05) is 18.2 Å². The lowest BCUT2D eigenvalue weighted by Gasteiger charge is -2.26. The minimum Gasteiger partial charge on any atom is -0.294 e. The fraction of sp³-hybridized carbons (Fsp3) is 0.211. The molecule has 0 saturated heterocycles. The smallest absolute Gasteiger partial charge is 0.161 e. The summed E-state index contributed by atoms with van der Waals surface area (Å²) in [5.74, 6) is 0.00301. The van der Waals surface area contributed by atoms with Gasteiger partial charge in [0.2, 0.25) is 0 Å². The summed E-state index contributed by atoms with van der Waals surface area (Å²) < 4.78 is 0. The number of hydrogen-bond donors (Lipinski definition) is 0. The van der Waals surface area contributed by atoms with Crippen molar-refractivity contribution in [3.8, 4) is 0 Å². The largest absolute Gasteiger partial charge is 0.294 e. The van der Waals surface area contributed by atoms with Gasteiger partial charge in [-0.2, -0.15) is 0 Å². The molecular formula is C19H17ClO. The Balaban J connectivity index is 2.25. The molecule has 0 spiro atoms. The molecule has 0 amide bonds. The summed E-state index contributed by atoms with van der Waals surface area (Å²) in [5.41, 5.74) is 5.08. The molecule has 0 fully saturated rings. The van der Waals surface area contributed by atoms with Gasteiger partial charge >= 0.3 is 0 Å². The Labute approximate surface area is 130 Å². The number of carbonyl (C=O) groups excluding carboxylic acids is 1. The van der Waals surface area contributed by atoms with Crippen molar-refractivity contribution in [2.75, 3.05) is 0 Å². The Bertz CT molecular complexity index is 769. The van der Waals surface area contributed by atoms with Gasteiger partial charge in [-0.15, -0.1) is 0 Å². The number of benzene rings is 2. The van der Waals surface area contributed by atoms with Crippen LogP contribution in [0.4, 0.5) is 0 Å². The van der Waals surface area contributed by atoms with Crippen LogP contribution in [0.25, 0.3) is 11.6 Å². The van der Waals surface area contributed by atoms with Gasteiger partial charge in [-0.1, -0.05) is 61.8 Å². The van der Waals surface area contributed by atoms with Gasteiger partial charge in [0.1, 0.15) is 0 Å². The zero-order valence-corrected chi connectivity index (χ0v) is 13.2. The molecule has 0 radical (unpaired) electrons. The molecule has 2 aromatic carbocycles. The molecule has 0 aromatic heterocycles. The van der Waals surface area contributed by atoms with E-state index >= 15 is 0 Å².